The van der Waals surface area contributed by atoms with E-state index in [4.69, 9.17) is 4.74 Å². The number of aromatic nitrogens is 1. The van der Waals surface area contributed by atoms with E-state index in [-0.39, 0.29) is 18.0 Å². The highest BCUT2D eigenvalue weighted by atomic mass is 16.6. The number of rotatable bonds is 4. The van der Waals surface area contributed by atoms with Gasteiger partial charge in [-0.05, 0) is 25.0 Å². The Bertz CT molecular complexity index is 704. The van der Waals surface area contributed by atoms with Crippen LogP contribution in [-0.4, -0.2) is 15.5 Å². The summed E-state index contributed by atoms with van der Waals surface area (Å²) in [7, 11) is 1.57. The van der Waals surface area contributed by atoms with Crippen LogP contribution in [0.15, 0.2) is 30.5 Å². The van der Waals surface area contributed by atoms with Gasteiger partial charge in [0.25, 0.3) is 5.69 Å². The highest BCUT2D eigenvalue weighted by molar-refractivity contribution is 5.88. The molecular formula is C15H16N2O4. The Morgan fingerprint density at radius 3 is 2.67 bits per heavy atom. The third kappa shape index (κ3) is 3.28. The Kier molecular flexibility index (Phi) is 4.07. The fourth-order valence-corrected chi connectivity index (χ4v) is 2.02. The molecule has 21 heavy (non-hydrogen) atoms. The lowest BCUT2D eigenvalue weighted by atomic mass is 10.1. The van der Waals surface area contributed by atoms with Gasteiger partial charge in [-0.2, -0.15) is 0 Å². The number of aryl methyl sites for hydroxylation is 3. The summed E-state index contributed by atoms with van der Waals surface area (Å²) in [6.45, 7) is 4.05. The minimum Gasteiger partial charge on any atom is -0.456 e. The highest BCUT2D eigenvalue weighted by Crippen LogP contribution is 2.17. The monoisotopic (exact) mass is 288 g/mol. The van der Waals surface area contributed by atoms with Gasteiger partial charge in [0.1, 0.15) is 12.3 Å². The predicted octanol–water partition coefficient (Wildman–Crippen LogP) is 2.91. The Morgan fingerprint density at radius 2 is 2.05 bits per heavy atom. The van der Waals surface area contributed by atoms with E-state index in [0.717, 1.165) is 16.7 Å². The van der Waals surface area contributed by atoms with Gasteiger partial charge in [0.2, 0.25) is 0 Å². The minimum absolute atomic E-state index is 0.129. The van der Waals surface area contributed by atoms with Gasteiger partial charge >= 0.3 is 5.97 Å². The number of carbonyl (C=O) groups is 1. The fraction of sp³-hybridized carbons (Fsp3) is 0.267. The molecule has 0 atom stereocenters. The van der Waals surface area contributed by atoms with Gasteiger partial charge in [0.15, 0.2) is 0 Å². The molecule has 0 bridgehead atoms. The van der Waals surface area contributed by atoms with E-state index in [1.165, 1.54) is 16.8 Å². The number of hydrogen-bond donors (Lipinski definition) is 0. The molecule has 0 aliphatic heterocycles. The van der Waals surface area contributed by atoms with Crippen molar-refractivity contribution in [1.29, 1.82) is 0 Å². The lowest BCUT2D eigenvalue weighted by Gasteiger charge is -2.08. The Labute approximate surface area is 122 Å². The van der Waals surface area contributed by atoms with E-state index >= 15 is 0 Å². The van der Waals surface area contributed by atoms with E-state index < -0.39 is 10.9 Å². The van der Waals surface area contributed by atoms with Gasteiger partial charge in [0, 0.05) is 13.1 Å². The summed E-state index contributed by atoms with van der Waals surface area (Å²) in [5.74, 6) is -0.577. The molecule has 6 heteroatoms. The number of esters is 1. The van der Waals surface area contributed by atoms with Crippen LogP contribution in [0.4, 0.5) is 5.69 Å². The van der Waals surface area contributed by atoms with Crippen molar-refractivity contribution in [1.82, 2.24) is 4.57 Å². The van der Waals surface area contributed by atoms with Gasteiger partial charge in [-0.15, -0.1) is 0 Å². The second kappa shape index (κ2) is 5.78. The average Bonchev–Trinajstić information content (AvgIpc) is 2.82. The average molecular weight is 288 g/mol. The molecule has 2 aromatic rings. The fourth-order valence-electron chi connectivity index (χ4n) is 2.02. The van der Waals surface area contributed by atoms with Crippen molar-refractivity contribution in [3.63, 3.8) is 0 Å². The van der Waals surface area contributed by atoms with E-state index in [2.05, 4.69) is 0 Å². The molecule has 1 aromatic heterocycles. The molecule has 0 N–H and O–H groups in total. The van der Waals surface area contributed by atoms with Crippen LogP contribution in [-0.2, 0) is 18.4 Å². The topological polar surface area (TPSA) is 74.4 Å². The summed E-state index contributed by atoms with van der Waals surface area (Å²) in [4.78, 5) is 22.2. The summed E-state index contributed by atoms with van der Waals surface area (Å²) >= 11 is 0. The van der Waals surface area contributed by atoms with Gasteiger partial charge < -0.3 is 9.30 Å². The molecule has 0 amide bonds. The Hall–Kier alpha value is -2.63. The predicted molar refractivity (Wildman–Crippen MR) is 77.1 cm³/mol. The number of ether oxygens (including phenoxy) is 1. The number of nitrogens with zero attached hydrogens (tertiary/aromatic N) is 2. The molecule has 1 aromatic carbocycles. The summed E-state index contributed by atoms with van der Waals surface area (Å²) < 4.78 is 6.63. The zero-order valence-corrected chi connectivity index (χ0v) is 12.1. The summed E-state index contributed by atoms with van der Waals surface area (Å²) in [6.07, 6.45) is 1.29. The van der Waals surface area contributed by atoms with E-state index in [1.54, 1.807) is 7.05 Å². The van der Waals surface area contributed by atoms with Crippen LogP contribution in [0.2, 0.25) is 0 Å². The van der Waals surface area contributed by atoms with Gasteiger partial charge in [-0.3, -0.25) is 10.1 Å². The largest absolute Gasteiger partial charge is 0.456 e. The first-order valence-electron chi connectivity index (χ1n) is 6.42. The molecule has 0 aliphatic rings. The molecule has 0 radical (unpaired) electrons. The van der Waals surface area contributed by atoms with Crippen LogP contribution in [0.25, 0.3) is 0 Å². The normalized spacial score (nSPS) is 10.4. The standard InChI is InChI=1S/C15H16N2O4/c1-10-4-5-11(2)12(6-10)9-21-15(18)14-7-13(17(19)20)8-16(14)3/h4-8H,9H2,1-3H3. The van der Waals surface area contributed by atoms with E-state index in [9.17, 15) is 14.9 Å². The van der Waals surface area contributed by atoms with Crippen molar-refractivity contribution in [3.8, 4) is 0 Å². The first-order valence-corrected chi connectivity index (χ1v) is 6.42. The van der Waals surface area contributed by atoms with E-state index in [0.29, 0.717) is 0 Å². The molecule has 0 spiro atoms. The zero-order valence-electron chi connectivity index (χ0n) is 12.1. The summed E-state index contributed by atoms with van der Waals surface area (Å²) in [5, 5.41) is 10.7. The molecule has 6 nitrogen and oxygen atoms in total. The third-order valence-electron chi connectivity index (χ3n) is 3.27. The molecular weight excluding hydrogens is 272 g/mol. The Balaban J connectivity index is 2.11. The minimum atomic E-state index is -0.577. The molecule has 0 aliphatic carbocycles. The molecule has 2 rings (SSSR count). The number of hydrogen-bond acceptors (Lipinski definition) is 4. The molecule has 0 fully saturated rings. The van der Waals surface area contributed by atoms with Gasteiger partial charge in [-0.1, -0.05) is 23.8 Å². The summed E-state index contributed by atoms with van der Waals surface area (Å²) in [6, 6.07) is 7.12. The second-order valence-corrected chi connectivity index (χ2v) is 4.96. The van der Waals surface area contributed by atoms with Crippen LogP contribution >= 0.6 is 0 Å². The highest BCUT2D eigenvalue weighted by Gasteiger charge is 2.18. The van der Waals surface area contributed by atoms with Gasteiger partial charge in [0.05, 0.1) is 11.1 Å². The maximum atomic E-state index is 12.0. The van der Waals surface area contributed by atoms with Crippen LogP contribution in [0.3, 0.4) is 0 Å². The first kappa shape index (κ1) is 14.8. The van der Waals surface area contributed by atoms with Crippen molar-refractivity contribution in [2.45, 2.75) is 20.5 Å². The number of carbonyl (C=O) groups excluding carboxylic acids is 1. The number of nitro groups is 1. The molecule has 0 saturated heterocycles. The van der Waals surface area contributed by atoms with Gasteiger partial charge in [-0.25, -0.2) is 4.79 Å². The van der Waals surface area contributed by atoms with Crippen molar-refractivity contribution in [2.24, 2.45) is 7.05 Å². The molecule has 1 heterocycles. The SMILES string of the molecule is Cc1ccc(C)c(COC(=O)c2cc([N+](=O)[O-])cn2C)c1. The molecule has 0 unspecified atom stereocenters. The van der Waals surface area contributed by atoms with Crippen molar-refractivity contribution >= 4 is 11.7 Å². The van der Waals surface area contributed by atoms with Crippen LogP contribution in [0.5, 0.6) is 0 Å². The summed E-state index contributed by atoms with van der Waals surface area (Å²) in [5.41, 5.74) is 3.07. The smallest absolute Gasteiger partial charge is 0.355 e. The van der Waals surface area contributed by atoms with Crippen LogP contribution in [0.1, 0.15) is 27.2 Å². The Morgan fingerprint density at radius 1 is 1.33 bits per heavy atom. The maximum absolute atomic E-state index is 12.0. The molecule has 110 valence electrons. The van der Waals surface area contributed by atoms with Crippen LogP contribution < -0.4 is 0 Å². The maximum Gasteiger partial charge on any atom is 0.355 e. The molecule has 0 saturated carbocycles. The van der Waals surface area contributed by atoms with Crippen molar-refractivity contribution in [3.05, 3.63) is 63.0 Å². The van der Waals surface area contributed by atoms with Crippen molar-refractivity contribution in [2.75, 3.05) is 0 Å². The quantitative estimate of drug-likeness (QED) is 0.492. The zero-order chi connectivity index (χ0) is 15.6. The number of benzene rings is 1. The third-order valence-corrected chi connectivity index (χ3v) is 3.27. The van der Waals surface area contributed by atoms with E-state index in [1.807, 2.05) is 32.0 Å². The lowest BCUT2D eigenvalue weighted by molar-refractivity contribution is -0.384. The second-order valence-electron chi connectivity index (χ2n) is 4.96. The van der Waals surface area contributed by atoms with Crippen LogP contribution in [0, 0.1) is 24.0 Å². The lowest BCUT2D eigenvalue weighted by Crippen LogP contribution is -2.10. The van der Waals surface area contributed by atoms with Crippen molar-refractivity contribution < 1.29 is 14.5 Å². The first-order chi connectivity index (χ1) is 9.88.